The van der Waals surface area contributed by atoms with Crippen LogP contribution in [0.2, 0.25) is 0 Å². The van der Waals surface area contributed by atoms with Crippen LogP contribution in [0.3, 0.4) is 0 Å². The van der Waals surface area contributed by atoms with E-state index in [4.69, 9.17) is 4.42 Å². The summed E-state index contributed by atoms with van der Waals surface area (Å²) in [5, 5.41) is 4.94. The number of ketones is 1. The van der Waals surface area contributed by atoms with Crippen LogP contribution in [0, 0.1) is 6.92 Å². The zero-order valence-electron chi connectivity index (χ0n) is 19.8. The van der Waals surface area contributed by atoms with E-state index >= 15 is 0 Å². The van der Waals surface area contributed by atoms with Gasteiger partial charge in [0.05, 0.1) is 13.0 Å². The second-order valence-corrected chi connectivity index (χ2v) is 9.27. The minimum Gasteiger partial charge on any atom is -0.456 e. The Balaban J connectivity index is 1.32. The first-order valence-corrected chi connectivity index (χ1v) is 11.7. The van der Waals surface area contributed by atoms with Crippen molar-refractivity contribution < 1.29 is 23.6 Å². The van der Waals surface area contributed by atoms with Crippen LogP contribution in [0.1, 0.15) is 43.3 Å². The van der Waals surface area contributed by atoms with Crippen molar-refractivity contribution in [2.75, 3.05) is 6.54 Å². The van der Waals surface area contributed by atoms with Crippen molar-refractivity contribution in [2.45, 2.75) is 25.4 Å². The number of fused-ring (bicyclic) bond motifs is 2. The number of amides is 4. The van der Waals surface area contributed by atoms with Crippen LogP contribution in [0.15, 0.2) is 65.3 Å². The zero-order valence-corrected chi connectivity index (χ0v) is 19.8. The van der Waals surface area contributed by atoms with E-state index < -0.39 is 17.5 Å². The van der Waals surface area contributed by atoms with Gasteiger partial charge in [-0.25, -0.2) is 9.78 Å². The van der Waals surface area contributed by atoms with Gasteiger partial charge in [0.1, 0.15) is 11.3 Å². The first kappa shape index (κ1) is 22.6. The van der Waals surface area contributed by atoms with Gasteiger partial charge in [-0.1, -0.05) is 17.7 Å². The van der Waals surface area contributed by atoms with Crippen LogP contribution < -0.4 is 10.6 Å². The summed E-state index contributed by atoms with van der Waals surface area (Å²) in [6, 6.07) is 13.2. The second-order valence-electron chi connectivity index (χ2n) is 9.27. The maximum Gasteiger partial charge on any atom is 0.322 e. The Morgan fingerprint density at radius 2 is 2.00 bits per heavy atom. The molecule has 1 fully saturated rings. The molecular formula is C27H21N5O5. The molecule has 3 aromatic heterocycles. The number of hydrogen-bond acceptors (Lipinski definition) is 7. The fraction of sp³-hybridized carbons (Fsp3) is 0.185. The van der Waals surface area contributed by atoms with Gasteiger partial charge in [0.25, 0.3) is 11.8 Å². The third-order valence-electron chi connectivity index (χ3n) is 6.69. The smallest absolute Gasteiger partial charge is 0.322 e. The molecule has 10 heteroatoms. The van der Waals surface area contributed by atoms with Crippen LogP contribution in [0.25, 0.3) is 11.1 Å². The van der Waals surface area contributed by atoms with Crippen molar-refractivity contribution in [2.24, 2.45) is 0 Å². The lowest BCUT2D eigenvalue weighted by molar-refractivity contribution is -0.125. The lowest BCUT2D eigenvalue weighted by Crippen LogP contribution is -2.52. The number of imide groups is 1. The largest absolute Gasteiger partial charge is 0.456 e. The van der Waals surface area contributed by atoms with Gasteiger partial charge in [0.2, 0.25) is 0 Å². The van der Waals surface area contributed by atoms with Gasteiger partial charge in [0, 0.05) is 41.8 Å². The van der Waals surface area contributed by atoms with Crippen LogP contribution in [0.4, 0.5) is 4.79 Å². The third kappa shape index (κ3) is 3.83. The summed E-state index contributed by atoms with van der Waals surface area (Å²) in [4.78, 5) is 61.1. The quantitative estimate of drug-likeness (QED) is 0.310. The summed E-state index contributed by atoms with van der Waals surface area (Å²) in [5.41, 5.74) is 2.56. The molecule has 0 spiro atoms. The first-order valence-electron chi connectivity index (χ1n) is 11.7. The molecule has 2 N–H and O–H groups in total. The number of urea groups is 1. The highest BCUT2D eigenvalue weighted by atomic mass is 16.3. The van der Waals surface area contributed by atoms with Crippen LogP contribution in [-0.2, 0) is 23.3 Å². The van der Waals surface area contributed by atoms with E-state index in [2.05, 4.69) is 20.6 Å². The SMILES string of the molecule is Cc1ccc2c(c1)C(=O)N(C[C@@]1(c3cc4nc(CC(=O)c5cccnc5)ccc4o3)NC(=O)NC1=O)C2. The Hall–Kier alpha value is -4.86. The normalized spacial score (nSPS) is 18.7. The molecule has 4 aromatic rings. The topological polar surface area (TPSA) is 134 Å². The molecule has 1 aromatic carbocycles. The fourth-order valence-corrected chi connectivity index (χ4v) is 4.81. The molecule has 184 valence electrons. The Kier molecular flexibility index (Phi) is 5.11. The molecule has 1 atom stereocenters. The highest BCUT2D eigenvalue weighted by Gasteiger charge is 2.53. The number of carbonyl (C=O) groups is 4. The van der Waals surface area contributed by atoms with Gasteiger partial charge in [0.15, 0.2) is 16.9 Å². The summed E-state index contributed by atoms with van der Waals surface area (Å²) in [5.74, 6) is -0.833. The number of rotatable bonds is 6. The second kappa shape index (κ2) is 8.37. The number of pyridine rings is 2. The van der Waals surface area contributed by atoms with E-state index in [1.54, 1.807) is 36.5 Å². The molecular weight excluding hydrogens is 474 g/mol. The van der Waals surface area contributed by atoms with Gasteiger partial charge in [-0.3, -0.25) is 24.7 Å². The van der Waals surface area contributed by atoms with Crippen LogP contribution in [0.5, 0.6) is 0 Å². The highest BCUT2D eigenvalue weighted by molar-refractivity contribution is 6.08. The van der Waals surface area contributed by atoms with Gasteiger partial charge in [-0.05, 0) is 42.8 Å². The standard InChI is InChI=1S/C27H21N5O5/c1-15-4-5-17-13-32(24(34)19(17)9-15)14-27(25(35)30-26(36)31-27)23-11-20-22(37-23)7-6-18(29-20)10-21(33)16-3-2-8-28-12-16/h2-9,11-12H,10,13-14H2,1H3,(H2,30,31,35,36)/t27-/m0/s1. The molecule has 5 heterocycles. The van der Waals surface area contributed by atoms with Crippen LogP contribution >= 0.6 is 0 Å². The van der Waals surface area contributed by atoms with Gasteiger partial charge < -0.3 is 14.6 Å². The zero-order chi connectivity index (χ0) is 25.7. The highest BCUT2D eigenvalue weighted by Crippen LogP contribution is 2.34. The average molecular weight is 495 g/mol. The Morgan fingerprint density at radius 1 is 1.14 bits per heavy atom. The number of aromatic nitrogens is 2. The van der Waals surface area contributed by atoms with E-state index in [-0.39, 0.29) is 30.4 Å². The molecule has 0 bridgehead atoms. The van der Waals surface area contributed by atoms with Gasteiger partial charge in [-0.15, -0.1) is 0 Å². The minimum absolute atomic E-state index is 0.0600. The van der Waals surface area contributed by atoms with Crippen molar-refractivity contribution in [1.29, 1.82) is 0 Å². The molecule has 2 aliphatic rings. The van der Waals surface area contributed by atoms with Crippen molar-refractivity contribution in [3.8, 4) is 0 Å². The molecule has 4 amide bonds. The number of nitrogens with zero attached hydrogens (tertiary/aromatic N) is 3. The monoisotopic (exact) mass is 495 g/mol. The molecule has 10 nitrogen and oxygen atoms in total. The third-order valence-corrected chi connectivity index (χ3v) is 6.69. The van der Waals surface area contributed by atoms with E-state index in [0.717, 1.165) is 11.1 Å². The maximum absolute atomic E-state index is 13.1. The summed E-state index contributed by atoms with van der Waals surface area (Å²) >= 11 is 0. The molecule has 37 heavy (non-hydrogen) atoms. The predicted octanol–water partition coefficient (Wildman–Crippen LogP) is 2.65. The molecule has 0 unspecified atom stereocenters. The Morgan fingerprint density at radius 3 is 2.76 bits per heavy atom. The minimum atomic E-state index is -1.63. The molecule has 1 saturated heterocycles. The van der Waals surface area contributed by atoms with Crippen molar-refractivity contribution in [1.82, 2.24) is 25.5 Å². The molecule has 0 radical (unpaired) electrons. The molecule has 6 rings (SSSR count). The van der Waals surface area contributed by atoms with Gasteiger partial charge in [-0.2, -0.15) is 0 Å². The molecule has 2 aliphatic heterocycles. The molecule has 0 saturated carbocycles. The molecule has 0 aliphatic carbocycles. The number of benzene rings is 1. The number of Topliss-reactive ketones (excluding diaryl/α,β-unsaturated/α-hetero) is 1. The fourth-order valence-electron chi connectivity index (χ4n) is 4.81. The van der Waals surface area contributed by atoms with Gasteiger partial charge >= 0.3 is 6.03 Å². The van der Waals surface area contributed by atoms with Crippen molar-refractivity contribution in [3.63, 3.8) is 0 Å². The summed E-state index contributed by atoms with van der Waals surface area (Å²) < 4.78 is 5.99. The lowest BCUT2D eigenvalue weighted by atomic mass is 9.95. The lowest BCUT2D eigenvalue weighted by Gasteiger charge is -2.28. The maximum atomic E-state index is 13.1. The van der Waals surface area contributed by atoms with E-state index in [1.807, 2.05) is 25.1 Å². The summed E-state index contributed by atoms with van der Waals surface area (Å²) in [7, 11) is 0. The van der Waals surface area contributed by atoms with E-state index in [1.165, 1.54) is 11.1 Å². The number of hydrogen-bond donors (Lipinski definition) is 2. The number of furan rings is 1. The predicted molar refractivity (Wildman–Crippen MR) is 131 cm³/mol. The summed E-state index contributed by atoms with van der Waals surface area (Å²) in [6.45, 7) is 2.09. The Labute approximate surface area is 210 Å². The number of aryl methyl sites for hydroxylation is 1. The van der Waals surface area contributed by atoms with E-state index in [0.29, 0.717) is 34.5 Å². The van der Waals surface area contributed by atoms with Crippen molar-refractivity contribution in [3.05, 3.63) is 94.6 Å². The Bertz CT molecular complexity index is 1610. The van der Waals surface area contributed by atoms with E-state index in [9.17, 15) is 19.2 Å². The first-order chi connectivity index (χ1) is 17.8. The number of carbonyl (C=O) groups excluding carboxylic acids is 4. The van der Waals surface area contributed by atoms with Crippen molar-refractivity contribution >= 4 is 34.7 Å². The van der Waals surface area contributed by atoms with Crippen LogP contribution in [-0.4, -0.2) is 45.0 Å². The average Bonchev–Trinajstić information content (AvgIpc) is 3.53. The summed E-state index contributed by atoms with van der Waals surface area (Å²) in [6.07, 6.45) is 3.16. The number of nitrogens with one attached hydrogen (secondary N) is 2.